The Morgan fingerprint density at radius 2 is 0.617 bits per heavy atom. The number of unbranched alkanes of at least 4 members (excludes halogenated alkanes) is 12. The number of nitrogens with two attached hydrogens (primary N) is 4. The van der Waals surface area contributed by atoms with Gasteiger partial charge in [-0.15, -0.1) is 23.2 Å². The summed E-state index contributed by atoms with van der Waals surface area (Å²) in [7, 11) is 0. The van der Waals surface area contributed by atoms with E-state index in [1.165, 1.54) is 0 Å². The van der Waals surface area contributed by atoms with E-state index in [1.54, 1.807) is 0 Å². The van der Waals surface area contributed by atoms with Crippen molar-refractivity contribution in [2.75, 3.05) is 24.8 Å². The van der Waals surface area contributed by atoms with Crippen LogP contribution in [0.4, 0.5) is 0 Å². The van der Waals surface area contributed by atoms with Crippen LogP contribution < -0.4 is 54.8 Å². The quantitative estimate of drug-likeness (QED) is 0.00662. The molecule has 0 spiro atoms. The van der Waals surface area contributed by atoms with E-state index in [9.17, 15) is 38.4 Å². The summed E-state index contributed by atoms with van der Waals surface area (Å²) >= 11 is 11.8. The third-order valence-electron chi connectivity index (χ3n) is 15.7. The molecule has 0 saturated carbocycles. The highest BCUT2D eigenvalue weighted by molar-refractivity contribution is 6.29. The van der Waals surface area contributed by atoms with Crippen molar-refractivity contribution in [1.29, 1.82) is 0 Å². The molecule has 510 valence electrons. The van der Waals surface area contributed by atoms with Gasteiger partial charge >= 0.3 is 0 Å². The van der Waals surface area contributed by atoms with Crippen molar-refractivity contribution in [2.45, 2.75) is 190 Å². The Morgan fingerprint density at radius 1 is 0.351 bits per heavy atom. The summed E-state index contributed by atoms with van der Waals surface area (Å²) in [6.45, 7) is 0.515. The highest BCUT2D eigenvalue weighted by Crippen LogP contribution is 2.15. The fourth-order valence-corrected chi connectivity index (χ4v) is 10.9. The number of hydrogen-bond donors (Lipinski definition) is 10. The fraction of sp³-hybridized carbons (Fsp3) is 0.472. The molecule has 0 fully saturated rings. The number of aliphatic imine (C=N–C) groups is 2. The van der Waals surface area contributed by atoms with Crippen molar-refractivity contribution in [2.24, 2.45) is 32.9 Å². The first-order chi connectivity index (χ1) is 45.5. The lowest BCUT2D eigenvalue weighted by Gasteiger charge is -2.25. The molecule has 22 heteroatoms. The first-order valence-corrected chi connectivity index (χ1v) is 34.2. The van der Waals surface area contributed by atoms with E-state index >= 15 is 0 Å². The molecule has 14 N–H and O–H groups in total. The number of Topliss-reactive ketones (excluding diaryl/α,β-unsaturated/α-hetero) is 2. The number of carbonyl (C=O) groups is 8. The van der Waals surface area contributed by atoms with Crippen LogP contribution in [-0.4, -0.2) is 120 Å². The van der Waals surface area contributed by atoms with Gasteiger partial charge in [0.25, 0.3) is 0 Å². The predicted octanol–water partition coefficient (Wildman–Crippen LogP) is 7.94. The number of ketones is 2. The van der Waals surface area contributed by atoms with Crippen LogP contribution in [-0.2, 0) is 64.0 Å². The van der Waals surface area contributed by atoms with Gasteiger partial charge in [-0.25, -0.2) is 0 Å². The Labute approximate surface area is 565 Å². The Morgan fingerprint density at radius 3 is 0.904 bits per heavy atom. The molecule has 4 rings (SSSR count). The molecule has 0 saturated heterocycles. The number of rotatable bonds is 49. The molecular weight excluding hydrogens is 1230 g/mol. The number of hydrogen-bond acceptors (Lipinski definition) is 10. The summed E-state index contributed by atoms with van der Waals surface area (Å²) in [6, 6.07) is 31.2. The summed E-state index contributed by atoms with van der Waals surface area (Å²) in [6.07, 6.45) is 24.6. The third kappa shape index (κ3) is 34.5. The second-order valence-corrected chi connectivity index (χ2v) is 24.1. The number of amides is 6. The normalized spacial score (nSPS) is 13.1. The van der Waals surface area contributed by atoms with Crippen molar-refractivity contribution in [1.82, 2.24) is 31.9 Å². The van der Waals surface area contributed by atoms with E-state index in [0.717, 1.165) is 99.3 Å². The Kier molecular flexibility index (Phi) is 39.5. The average molecular weight is 1330 g/mol. The molecule has 0 bridgehead atoms. The molecule has 0 aliphatic carbocycles. The molecule has 0 heterocycles. The van der Waals surface area contributed by atoms with Gasteiger partial charge in [-0.1, -0.05) is 197 Å². The maximum Gasteiger partial charge on any atom is 0.243 e. The number of benzene rings is 4. The summed E-state index contributed by atoms with van der Waals surface area (Å²) in [5.74, 6) is -4.22. The topological polar surface area (TPSA) is 338 Å². The number of nitrogens with zero attached hydrogens (tertiary/aromatic N) is 2. The van der Waals surface area contributed by atoms with Crippen LogP contribution in [0.1, 0.15) is 151 Å². The van der Waals surface area contributed by atoms with Crippen molar-refractivity contribution in [3.8, 4) is 0 Å². The number of allylic oxidation sites excluding steroid dienone is 4. The van der Waals surface area contributed by atoms with Gasteiger partial charge in [0.05, 0.1) is 23.8 Å². The maximum absolute atomic E-state index is 14.1. The SMILES string of the molecule is NC(N)=NCCCC(NC(=O)C(Cc1ccccc1)NC(=O)C(Cc1ccccc1)NC(=O)CCCCCCCC/C=C\C=C/CCCCCCCCC(=O)NC(Cc1ccccc1)C(=O)NC(Cc1ccccc1)C(=O)NC(CCCN=C(N)N)C(=O)CCl)C(=O)CCl. The molecule has 4 aromatic rings. The standard InChI is InChI=1S/C72H100Cl2N12O8/c73-51-63(87)57(41-31-45-79-71(75)76)83-69(93)61(49-55-37-25-19-26-38-55)85-67(91)59(47-53-33-21-17-22-34-53)81-65(89)43-29-15-13-11-9-7-5-3-1-2-4-6-8-10-12-14-16-30-44-66(90)82-60(48-54-35-23-18-24-36-54)68(92)86-62(50-56-39-27-20-28-40-56)70(94)84-58(64(88)52-74)42-32-46-80-72(77)78/h1-4,17-28,33-40,57-62H,5-16,29-32,41-52H2,(H,81,89)(H,82,90)(H,83,93)(H,84,94)(H,85,91)(H,86,92)(H4,75,76,79)(H4,77,78,80)/b3-1-,4-2-. The molecule has 6 atom stereocenters. The molecule has 6 unspecified atom stereocenters. The molecule has 0 aliphatic rings. The Balaban J connectivity index is 1.12. The van der Waals surface area contributed by atoms with Gasteiger partial charge in [-0.2, -0.15) is 0 Å². The lowest BCUT2D eigenvalue weighted by molar-refractivity contribution is -0.133. The Hall–Kier alpha value is -8.36. The van der Waals surface area contributed by atoms with Crippen LogP contribution in [0.15, 0.2) is 156 Å². The van der Waals surface area contributed by atoms with Crippen LogP contribution in [0.5, 0.6) is 0 Å². The second-order valence-electron chi connectivity index (χ2n) is 23.5. The van der Waals surface area contributed by atoms with Crippen molar-refractivity contribution in [3.63, 3.8) is 0 Å². The zero-order valence-corrected chi connectivity index (χ0v) is 55.9. The lowest BCUT2D eigenvalue weighted by Crippen LogP contribution is -2.57. The van der Waals surface area contributed by atoms with E-state index < -0.39 is 59.9 Å². The molecule has 4 aromatic carbocycles. The number of alkyl halides is 2. The van der Waals surface area contributed by atoms with Crippen LogP contribution in [0.25, 0.3) is 0 Å². The minimum absolute atomic E-state index is 0.0802. The molecule has 0 radical (unpaired) electrons. The van der Waals surface area contributed by atoms with Crippen molar-refractivity contribution >= 4 is 82.1 Å². The lowest BCUT2D eigenvalue weighted by atomic mass is 10.0. The number of carbonyl (C=O) groups excluding carboxylic acids is 8. The fourth-order valence-electron chi connectivity index (χ4n) is 10.5. The number of guanidine groups is 2. The Bertz CT molecular complexity index is 2800. The smallest absolute Gasteiger partial charge is 0.243 e. The average Bonchev–Trinajstić information content (AvgIpc) is 1.07. The maximum atomic E-state index is 14.1. The van der Waals surface area contributed by atoms with E-state index in [2.05, 4.69) is 66.2 Å². The predicted molar refractivity (Wildman–Crippen MR) is 376 cm³/mol. The molecule has 6 amide bonds. The van der Waals surface area contributed by atoms with Crippen LogP contribution in [0.2, 0.25) is 0 Å². The zero-order chi connectivity index (χ0) is 68.0. The van der Waals surface area contributed by atoms with Gasteiger partial charge in [0, 0.05) is 51.6 Å². The van der Waals surface area contributed by atoms with Gasteiger partial charge in [-0.3, -0.25) is 48.3 Å². The minimum Gasteiger partial charge on any atom is -0.370 e. The summed E-state index contributed by atoms with van der Waals surface area (Å²) in [5, 5.41) is 17.2. The summed E-state index contributed by atoms with van der Waals surface area (Å²) < 4.78 is 0. The van der Waals surface area contributed by atoms with Gasteiger partial charge in [0.1, 0.15) is 24.2 Å². The monoisotopic (exact) mass is 1330 g/mol. The zero-order valence-electron chi connectivity index (χ0n) is 54.3. The minimum atomic E-state index is -1.07. The number of nitrogens with one attached hydrogen (secondary N) is 6. The van der Waals surface area contributed by atoms with Crippen LogP contribution in [0, 0.1) is 0 Å². The first-order valence-electron chi connectivity index (χ1n) is 33.1. The first kappa shape index (κ1) is 78.1. The third-order valence-corrected chi connectivity index (χ3v) is 16.2. The van der Waals surface area contributed by atoms with Gasteiger partial charge in [0.15, 0.2) is 23.5 Å². The summed E-state index contributed by atoms with van der Waals surface area (Å²) in [4.78, 5) is 116. The van der Waals surface area contributed by atoms with E-state index in [4.69, 9.17) is 46.1 Å². The van der Waals surface area contributed by atoms with Gasteiger partial charge < -0.3 is 54.8 Å². The van der Waals surface area contributed by atoms with Crippen LogP contribution in [0.3, 0.4) is 0 Å². The molecule has 0 aromatic heterocycles. The molecule has 94 heavy (non-hydrogen) atoms. The van der Waals surface area contributed by atoms with E-state index in [1.807, 2.05) is 121 Å². The van der Waals surface area contributed by atoms with Crippen molar-refractivity contribution < 1.29 is 38.4 Å². The molecule has 20 nitrogen and oxygen atoms in total. The molecule has 0 aliphatic heterocycles. The molecular formula is C72H100Cl2N12O8. The highest BCUT2D eigenvalue weighted by atomic mass is 35.5. The summed E-state index contributed by atoms with van der Waals surface area (Å²) in [5.41, 5.74) is 25.1. The highest BCUT2D eigenvalue weighted by Gasteiger charge is 2.32. The largest absolute Gasteiger partial charge is 0.370 e. The number of halogens is 2. The second kappa shape index (κ2) is 47.5. The van der Waals surface area contributed by atoms with E-state index in [-0.39, 0.29) is 112 Å². The van der Waals surface area contributed by atoms with Gasteiger partial charge in [-0.05, 0) is 86.5 Å². The van der Waals surface area contributed by atoms with Crippen LogP contribution >= 0.6 is 23.2 Å². The van der Waals surface area contributed by atoms with Crippen molar-refractivity contribution in [3.05, 3.63) is 168 Å². The van der Waals surface area contributed by atoms with E-state index in [0.29, 0.717) is 25.7 Å². The van der Waals surface area contributed by atoms with Gasteiger partial charge in [0.2, 0.25) is 35.4 Å².